The van der Waals surface area contributed by atoms with Gasteiger partial charge in [-0.3, -0.25) is 0 Å². The summed E-state index contributed by atoms with van der Waals surface area (Å²) in [6.07, 6.45) is 9.03. The Morgan fingerprint density at radius 2 is 2.11 bits per heavy atom. The van der Waals surface area contributed by atoms with E-state index < -0.39 is 0 Å². The number of aromatic nitrogens is 3. The zero-order valence-corrected chi connectivity index (χ0v) is 11.9. The van der Waals surface area contributed by atoms with Crippen molar-refractivity contribution in [3.05, 3.63) is 23.5 Å². The molecule has 4 heteroatoms. The van der Waals surface area contributed by atoms with E-state index in [0.29, 0.717) is 6.54 Å². The SMILES string of the molecule is C=C(C)Cn1nnc(CO)c1CCC1CCCCC1. The van der Waals surface area contributed by atoms with Crippen LogP contribution in [0.3, 0.4) is 0 Å². The monoisotopic (exact) mass is 263 g/mol. The molecule has 0 spiro atoms. The van der Waals surface area contributed by atoms with E-state index in [9.17, 15) is 5.11 Å². The molecule has 1 aromatic rings. The average Bonchev–Trinajstić information content (AvgIpc) is 2.79. The Bertz CT molecular complexity index is 419. The molecule has 2 rings (SSSR count). The summed E-state index contributed by atoms with van der Waals surface area (Å²) >= 11 is 0. The van der Waals surface area contributed by atoms with Gasteiger partial charge in [0.15, 0.2) is 0 Å². The van der Waals surface area contributed by atoms with E-state index in [1.165, 1.54) is 38.5 Å². The van der Waals surface area contributed by atoms with Crippen LogP contribution in [0.2, 0.25) is 0 Å². The lowest BCUT2D eigenvalue weighted by Gasteiger charge is -2.21. The van der Waals surface area contributed by atoms with Gasteiger partial charge in [-0.05, 0) is 25.7 Å². The van der Waals surface area contributed by atoms with E-state index in [-0.39, 0.29) is 6.61 Å². The lowest BCUT2D eigenvalue weighted by molar-refractivity contribution is 0.274. The molecule has 1 aliphatic rings. The highest BCUT2D eigenvalue weighted by molar-refractivity contribution is 5.11. The van der Waals surface area contributed by atoms with Crippen LogP contribution in [0.15, 0.2) is 12.2 Å². The molecule has 0 bridgehead atoms. The number of rotatable bonds is 6. The van der Waals surface area contributed by atoms with Gasteiger partial charge in [0.2, 0.25) is 0 Å². The molecule has 0 unspecified atom stereocenters. The van der Waals surface area contributed by atoms with Crippen LogP contribution in [-0.4, -0.2) is 20.1 Å². The van der Waals surface area contributed by atoms with Crippen LogP contribution in [0.25, 0.3) is 0 Å². The maximum Gasteiger partial charge on any atom is 0.111 e. The smallest absolute Gasteiger partial charge is 0.111 e. The van der Waals surface area contributed by atoms with E-state index in [2.05, 4.69) is 16.9 Å². The highest BCUT2D eigenvalue weighted by Gasteiger charge is 2.17. The number of hydrogen-bond acceptors (Lipinski definition) is 3. The third-order valence-electron chi connectivity index (χ3n) is 4.00. The Hall–Kier alpha value is -1.16. The van der Waals surface area contributed by atoms with Crippen molar-refractivity contribution in [2.24, 2.45) is 5.92 Å². The molecule has 0 aromatic carbocycles. The fraction of sp³-hybridized carbons (Fsp3) is 0.733. The van der Waals surface area contributed by atoms with E-state index in [1.807, 2.05) is 11.6 Å². The Kier molecular flexibility index (Phi) is 5.14. The molecular formula is C15H25N3O. The molecule has 0 aliphatic heterocycles. The average molecular weight is 263 g/mol. The van der Waals surface area contributed by atoms with Crippen LogP contribution in [0, 0.1) is 5.92 Å². The second kappa shape index (κ2) is 6.85. The molecule has 0 atom stereocenters. The maximum atomic E-state index is 9.36. The van der Waals surface area contributed by atoms with Gasteiger partial charge >= 0.3 is 0 Å². The van der Waals surface area contributed by atoms with Crippen LogP contribution in [-0.2, 0) is 19.6 Å². The molecule has 0 radical (unpaired) electrons. The molecule has 0 saturated heterocycles. The first-order valence-corrected chi connectivity index (χ1v) is 7.37. The van der Waals surface area contributed by atoms with Crippen molar-refractivity contribution in [1.29, 1.82) is 0 Å². The molecule has 1 fully saturated rings. The van der Waals surface area contributed by atoms with Crippen molar-refractivity contribution in [2.45, 2.75) is 65.0 Å². The second-order valence-corrected chi connectivity index (χ2v) is 5.80. The topological polar surface area (TPSA) is 50.9 Å². The minimum Gasteiger partial charge on any atom is -0.390 e. The maximum absolute atomic E-state index is 9.36. The first-order valence-electron chi connectivity index (χ1n) is 7.37. The molecule has 1 N–H and O–H groups in total. The summed E-state index contributed by atoms with van der Waals surface area (Å²) in [7, 11) is 0. The van der Waals surface area contributed by atoms with Crippen LogP contribution in [0.4, 0.5) is 0 Å². The lowest BCUT2D eigenvalue weighted by Crippen LogP contribution is -2.11. The number of allylic oxidation sites excluding steroid dienone is 1. The summed E-state index contributed by atoms with van der Waals surface area (Å²) in [5.74, 6) is 0.841. The molecule has 1 heterocycles. The summed E-state index contributed by atoms with van der Waals surface area (Å²) < 4.78 is 1.90. The summed E-state index contributed by atoms with van der Waals surface area (Å²) in [6, 6.07) is 0. The van der Waals surface area contributed by atoms with Crippen molar-refractivity contribution in [1.82, 2.24) is 15.0 Å². The van der Waals surface area contributed by atoms with Crippen molar-refractivity contribution >= 4 is 0 Å². The molecule has 19 heavy (non-hydrogen) atoms. The van der Waals surface area contributed by atoms with Gasteiger partial charge in [-0.1, -0.05) is 49.5 Å². The minimum atomic E-state index is -0.0177. The van der Waals surface area contributed by atoms with Gasteiger partial charge in [0.1, 0.15) is 5.69 Å². The molecule has 4 nitrogen and oxygen atoms in total. The Morgan fingerprint density at radius 1 is 1.37 bits per heavy atom. The van der Waals surface area contributed by atoms with E-state index in [0.717, 1.165) is 29.3 Å². The van der Waals surface area contributed by atoms with E-state index >= 15 is 0 Å². The predicted molar refractivity (Wildman–Crippen MR) is 75.7 cm³/mol. The second-order valence-electron chi connectivity index (χ2n) is 5.80. The molecular weight excluding hydrogens is 238 g/mol. The summed E-state index contributed by atoms with van der Waals surface area (Å²) in [5, 5.41) is 17.6. The van der Waals surface area contributed by atoms with Gasteiger partial charge in [-0.2, -0.15) is 0 Å². The van der Waals surface area contributed by atoms with Crippen LogP contribution in [0.5, 0.6) is 0 Å². The highest BCUT2D eigenvalue weighted by Crippen LogP contribution is 2.27. The quantitative estimate of drug-likeness (QED) is 0.803. The number of aliphatic hydroxyl groups excluding tert-OH is 1. The Labute approximate surface area is 115 Å². The first-order chi connectivity index (χ1) is 9.20. The van der Waals surface area contributed by atoms with Crippen molar-refractivity contribution < 1.29 is 5.11 Å². The van der Waals surface area contributed by atoms with Crippen LogP contribution < -0.4 is 0 Å². The molecule has 1 aliphatic carbocycles. The molecule has 0 amide bonds. The van der Waals surface area contributed by atoms with Crippen LogP contribution >= 0.6 is 0 Å². The summed E-state index contributed by atoms with van der Waals surface area (Å²) in [5.41, 5.74) is 2.89. The van der Waals surface area contributed by atoms with Gasteiger partial charge in [-0.15, -0.1) is 5.10 Å². The normalized spacial score (nSPS) is 16.7. The number of aliphatic hydroxyl groups is 1. The Balaban J connectivity index is 2.00. The first kappa shape index (κ1) is 14.3. The van der Waals surface area contributed by atoms with Gasteiger partial charge in [0.05, 0.1) is 18.8 Å². The van der Waals surface area contributed by atoms with Gasteiger partial charge in [-0.25, -0.2) is 4.68 Å². The molecule has 1 aromatic heterocycles. The third kappa shape index (κ3) is 3.90. The van der Waals surface area contributed by atoms with E-state index in [1.54, 1.807) is 0 Å². The standard InChI is InChI=1S/C15H25N3O/c1-12(2)10-18-15(14(11-19)16-17-18)9-8-13-6-4-3-5-7-13/h13,19H,1,3-11H2,2H3. The summed E-state index contributed by atoms with van der Waals surface area (Å²) in [4.78, 5) is 0. The van der Waals surface area contributed by atoms with Crippen molar-refractivity contribution in [2.75, 3.05) is 0 Å². The lowest BCUT2D eigenvalue weighted by atomic mass is 9.85. The largest absolute Gasteiger partial charge is 0.390 e. The van der Waals surface area contributed by atoms with Gasteiger partial charge in [0, 0.05) is 0 Å². The zero-order chi connectivity index (χ0) is 13.7. The number of nitrogens with zero attached hydrogens (tertiary/aromatic N) is 3. The molecule has 106 valence electrons. The fourth-order valence-electron chi connectivity index (χ4n) is 2.96. The van der Waals surface area contributed by atoms with Crippen molar-refractivity contribution in [3.8, 4) is 0 Å². The molecule has 1 saturated carbocycles. The van der Waals surface area contributed by atoms with Crippen molar-refractivity contribution in [3.63, 3.8) is 0 Å². The summed E-state index contributed by atoms with van der Waals surface area (Å²) in [6.45, 7) is 6.60. The van der Waals surface area contributed by atoms with Crippen LogP contribution in [0.1, 0.15) is 56.8 Å². The van der Waals surface area contributed by atoms with Gasteiger partial charge < -0.3 is 5.11 Å². The Morgan fingerprint density at radius 3 is 2.74 bits per heavy atom. The third-order valence-corrected chi connectivity index (χ3v) is 4.00. The zero-order valence-electron chi connectivity index (χ0n) is 11.9. The van der Waals surface area contributed by atoms with E-state index in [4.69, 9.17) is 0 Å². The van der Waals surface area contributed by atoms with Gasteiger partial charge in [0.25, 0.3) is 0 Å². The highest BCUT2D eigenvalue weighted by atomic mass is 16.3. The minimum absolute atomic E-state index is 0.0177. The number of hydrogen-bond donors (Lipinski definition) is 1. The predicted octanol–water partition coefficient (Wildman–Crippen LogP) is 2.86. The fourth-order valence-corrected chi connectivity index (χ4v) is 2.96.